The van der Waals surface area contributed by atoms with E-state index in [2.05, 4.69) is 12.2 Å². The molecule has 16 heavy (non-hydrogen) atoms. The van der Waals surface area contributed by atoms with Gasteiger partial charge in [-0.2, -0.15) is 0 Å². The van der Waals surface area contributed by atoms with Crippen LogP contribution in [0.25, 0.3) is 0 Å². The topological polar surface area (TPSA) is 37.3 Å². The first-order chi connectivity index (χ1) is 7.77. The van der Waals surface area contributed by atoms with Crippen LogP contribution in [0.1, 0.15) is 24.3 Å². The summed E-state index contributed by atoms with van der Waals surface area (Å²) in [5.74, 6) is 0.154. The summed E-state index contributed by atoms with van der Waals surface area (Å²) in [6.45, 7) is 7.56. The lowest BCUT2D eigenvalue weighted by atomic mass is 10.1. The molecular weight excluding hydrogens is 202 g/mol. The van der Waals surface area contributed by atoms with E-state index in [1.807, 2.05) is 34.7 Å². The van der Waals surface area contributed by atoms with E-state index in [-0.39, 0.29) is 5.91 Å². The van der Waals surface area contributed by atoms with E-state index >= 15 is 0 Å². The van der Waals surface area contributed by atoms with E-state index in [1.54, 1.807) is 0 Å². The van der Waals surface area contributed by atoms with Gasteiger partial charge in [-0.15, -0.1) is 0 Å². The minimum atomic E-state index is 0.154. The van der Waals surface area contributed by atoms with Gasteiger partial charge in [-0.1, -0.05) is 0 Å². The number of nitrogens with one attached hydrogen (secondary N) is 1. The first-order valence-electron chi connectivity index (χ1n) is 5.94. The molecule has 1 aliphatic rings. The van der Waals surface area contributed by atoms with Crippen molar-refractivity contribution in [2.24, 2.45) is 0 Å². The molecular formula is C12H19N3O. The molecule has 1 fully saturated rings. The number of aromatic nitrogens is 1. The third-order valence-corrected chi connectivity index (χ3v) is 3.19. The summed E-state index contributed by atoms with van der Waals surface area (Å²) in [6, 6.07) is 4.21. The highest BCUT2D eigenvalue weighted by Crippen LogP contribution is 2.12. The second-order valence-electron chi connectivity index (χ2n) is 4.08. The molecule has 2 heterocycles. The summed E-state index contributed by atoms with van der Waals surface area (Å²) in [4.78, 5) is 14.3. The van der Waals surface area contributed by atoms with E-state index in [4.69, 9.17) is 0 Å². The van der Waals surface area contributed by atoms with Crippen molar-refractivity contribution >= 4 is 5.91 Å². The molecule has 2 rings (SSSR count). The third kappa shape index (κ3) is 1.85. The largest absolute Gasteiger partial charge is 0.344 e. The van der Waals surface area contributed by atoms with Gasteiger partial charge in [-0.05, 0) is 26.0 Å². The number of rotatable bonds is 4. The van der Waals surface area contributed by atoms with Crippen molar-refractivity contribution in [3.63, 3.8) is 0 Å². The van der Waals surface area contributed by atoms with Gasteiger partial charge >= 0.3 is 0 Å². The second-order valence-corrected chi connectivity index (χ2v) is 4.08. The molecule has 0 spiro atoms. The van der Waals surface area contributed by atoms with Gasteiger partial charge in [0.2, 0.25) is 0 Å². The van der Waals surface area contributed by atoms with Crippen molar-refractivity contribution in [1.29, 1.82) is 0 Å². The number of hydrogen-bond acceptors (Lipinski definition) is 2. The van der Waals surface area contributed by atoms with Crippen LogP contribution >= 0.6 is 0 Å². The third-order valence-electron chi connectivity index (χ3n) is 3.19. The quantitative estimate of drug-likeness (QED) is 0.821. The van der Waals surface area contributed by atoms with Crippen molar-refractivity contribution in [2.75, 3.05) is 19.6 Å². The average Bonchev–Trinajstić information content (AvgIpc) is 2.69. The predicted octanol–water partition coefficient (Wildman–Crippen LogP) is 0.942. The number of likely N-dealkylation sites (N-methyl/N-ethyl adjacent to an activating group) is 1. The van der Waals surface area contributed by atoms with Crippen LogP contribution in [0.4, 0.5) is 0 Å². The lowest BCUT2D eigenvalue weighted by Crippen LogP contribution is -2.58. The Balaban J connectivity index is 2.16. The summed E-state index contributed by atoms with van der Waals surface area (Å²) < 4.78 is 2.00. The SMILES string of the molecule is CCN(C(=O)c1cccn1CC)C1CNC1. The van der Waals surface area contributed by atoms with Crippen LogP contribution in [-0.4, -0.2) is 41.1 Å². The molecule has 88 valence electrons. The maximum Gasteiger partial charge on any atom is 0.270 e. The van der Waals surface area contributed by atoms with E-state index in [0.29, 0.717) is 6.04 Å². The average molecular weight is 221 g/mol. The summed E-state index contributed by atoms with van der Waals surface area (Å²) in [6.07, 6.45) is 1.96. The zero-order chi connectivity index (χ0) is 11.5. The standard InChI is InChI=1S/C12H19N3O/c1-3-14-7-5-6-11(14)12(16)15(4-2)10-8-13-9-10/h5-7,10,13H,3-4,8-9H2,1-2H3. The van der Waals surface area contributed by atoms with Crippen LogP contribution in [-0.2, 0) is 6.54 Å². The van der Waals surface area contributed by atoms with Crippen LogP contribution in [0.2, 0.25) is 0 Å². The van der Waals surface area contributed by atoms with Gasteiger partial charge in [-0.3, -0.25) is 4.79 Å². The van der Waals surface area contributed by atoms with Gasteiger partial charge in [0.15, 0.2) is 0 Å². The maximum absolute atomic E-state index is 12.3. The minimum absolute atomic E-state index is 0.154. The maximum atomic E-state index is 12.3. The molecule has 0 atom stereocenters. The number of aryl methyl sites for hydroxylation is 1. The highest BCUT2D eigenvalue weighted by molar-refractivity contribution is 5.93. The summed E-state index contributed by atoms with van der Waals surface area (Å²) in [7, 11) is 0. The lowest BCUT2D eigenvalue weighted by Gasteiger charge is -2.37. The van der Waals surface area contributed by atoms with Crippen molar-refractivity contribution < 1.29 is 4.79 Å². The lowest BCUT2D eigenvalue weighted by molar-refractivity contribution is 0.0619. The number of nitrogens with zero attached hydrogens (tertiary/aromatic N) is 2. The smallest absolute Gasteiger partial charge is 0.270 e. The van der Waals surface area contributed by atoms with Gasteiger partial charge in [0.05, 0.1) is 6.04 Å². The molecule has 4 nitrogen and oxygen atoms in total. The van der Waals surface area contributed by atoms with Crippen LogP contribution in [0.3, 0.4) is 0 Å². The molecule has 1 saturated heterocycles. The number of carbonyl (C=O) groups is 1. The Kier molecular flexibility index (Phi) is 3.29. The molecule has 4 heteroatoms. The molecule has 1 aromatic rings. The van der Waals surface area contributed by atoms with E-state index in [1.165, 1.54) is 0 Å². The van der Waals surface area contributed by atoms with Gasteiger partial charge in [0, 0.05) is 32.4 Å². The van der Waals surface area contributed by atoms with Gasteiger partial charge in [0.1, 0.15) is 5.69 Å². The van der Waals surface area contributed by atoms with Crippen molar-refractivity contribution in [3.8, 4) is 0 Å². The Morgan fingerprint density at radius 1 is 1.56 bits per heavy atom. The van der Waals surface area contributed by atoms with E-state index in [0.717, 1.165) is 31.9 Å². The van der Waals surface area contributed by atoms with Gasteiger partial charge < -0.3 is 14.8 Å². The minimum Gasteiger partial charge on any atom is -0.344 e. The van der Waals surface area contributed by atoms with Gasteiger partial charge in [-0.25, -0.2) is 0 Å². The van der Waals surface area contributed by atoms with Crippen LogP contribution in [0.5, 0.6) is 0 Å². The molecule has 1 N–H and O–H groups in total. The molecule has 0 aromatic carbocycles. The van der Waals surface area contributed by atoms with E-state index < -0.39 is 0 Å². The summed E-state index contributed by atoms with van der Waals surface area (Å²) >= 11 is 0. The zero-order valence-electron chi connectivity index (χ0n) is 9.94. The first kappa shape index (κ1) is 11.2. The van der Waals surface area contributed by atoms with Crippen molar-refractivity contribution in [3.05, 3.63) is 24.0 Å². The molecule has 0 unspecified atom stereocenters. The van der Waals surface area contributed by atoms with Crippen molar-refractivity contribution in [2.45, 2.75) is 26.4 Å². The number of hydrogen-bond donors (Lipinski definition) is 1. The number of carbonyl (C=O) groups excluding carboxylic acids is 1. The molecule has 0 saturated carbocycles. The fourth-order valence-corrected chi connectivity index (χ4v) is 2.09. The van der Waals surface area contributed by atoms with Crippen LogP contribution < -0.4 is 5.32 Å². The Morgan fingerprint density at radius 3 is 2.81 bits per heavy atom. The second kappa shape index (κ2) is 4.70. The highest BCUT2D eigenvalue weighted by Gasteiger charge is 2.28. The Morgan fingerprint density at radius 2 is 2.31 bits per heavy atom. The van der Waals surface area contributed by atoms with Crippen molar-refractivity contribution in [1.82, 2.24) is 14.8 Å². The Bertz CT molecular complexity index is 368. The number of amides is 1. The van der Waals surface area contributed by atoms with Gasteiger partial charge in [0.25, 0.3) is 5.91 Å². The molecule has 0 aliphatic carbocycles. The molecule has 1 aromatic heterocycles. The molecule has 1 amide bonds. The zero-order valence-corrected chi connectivity index (χ0v) is 9.94. The molecule has 1 aliphatic heterocycles. The summed E-state index contributed by atoms with van der Waals surface area (Å²) in [5.41, 5.74) is 0.802. The summed E-state index contributed by atoms with van der Waals surface area (Å²) in [5, 5.41) is 3.20. The molecule has 0 radical (unpaired) electrons. The monoisotopic (exact) mass is 221 g/mol. The molecule has 0 bridgehead atoms. The van der Waals surface area contributed by atoms with Crippen LogP contribution in [0, 0.1) is 0 Å². The Hall–Kier alpha value is -1.29. The predicted molar refractivity (Wildman–Crippen MR) is 63.5 cm³/mol. The first-order valence-corrected chi connectivity index (χ1v) is 5.94. The normalized spacial score (nSPS) is 15.9. The Labute approximate surface area is 96.2 Å². The fraction of sp³-hybridized carbons (Fsp3) is 0.583. The van der Waals surface area contributed by atoms with E-state index in [9.17, 15) is 4.79 Å². The highest BCUT2D eigenvalue weighted by atomic mass is 16.2. The fourth-order valence-electron chi connectivity index (χ4n) is 2.09. The van der Waals surface area contributed by atoms with Crippen LogP contribution in [0.15, 0.2) is 18.3 Å².